The van der Waals surface area contributed by atoms with Crippen molar-refractivity contribution in [3.05, 3.63) is 63.3 Å². The van der Waals surface area contributed by atoms with E-state index in [1.54, 1.807) is 0 Å². The van der Waals surface area contributed by atoms with Gasteiger partial charge in [0.25, 0.3) is 0 Å². The number of rotatable bonds is 23. The molecule has 38 heavy (non-hydrogen) atoms. The maximum atomic E-state index is 3.66. The van der Waals surface area contributed by atoms with Crippen molar-refractivity contribution in [2.45, 2.75) is 182 Å². The van der Waals surface area contributed by atoms with E-state index in [1.165, 1.54) is 148 Å². The fourth-order valence-electron chi connectivity index (χ4n) is 3.21. The second kappa shape index (κ2) is 60.3. The van der Waals surface area contributed by atoms with E-state index in [-0.39, 0.29) is 0 Å². The van der Waals surface area contributed by atoms with E-state index in [9.17, 15) is 0 Å². The maximum absolute atomic E-state index is 3.66. The van der Waals surface area contributed by atoms with E-state index < -0.39 is 0 Å². The highest BCUT2D eigenvalue weighted by atomic mass is 13.9. The molecule has 0 atom stereocenters. The summed E-state index contributed by atoms with van der Waals surface area (Å²) in [5, 5.41) is 0. The molecule has 0 unspecified atom stereocenters. The second-order valence-electron chi connectivity index (χ2n) is 9.98. The normalized spacial score (nSPS) is 8.97. The van der Waals surface area contributed by atoms with Gasteiger partial charge in [0.05, 0.1) is 0 Å². The van der Waals surface area contributed by atoms with Gasteiger partial charge in [-0.3, -0.25) is 0 Å². The van der Waals surface area contributed by atoms with Crippen molar-refractivity contribution in [1.29, 1.82) is 0 Å². The van der Waals surface area contributed by atoms with Crippen LogP contribution in [0.5, 0.6) is 0 Å². The zero-order chi connectivity index (χ0) is 29.8. The highest BCUT2D eigenvalue weighted by Crippen LogP contribution is 2.03. The number of allylic oxidation sites excluding steroid dienone is 5. The standard InChI is InChI=1S/4C8H16.C6H12/c4*1-3-5-7-8-6-4-2;1-3-5-6-4-2/h4*3H,1,4-8H2,2H3;3H,1,4-6H2,2H3. The summed E-state index contributed by atoms with van der Waals surface area (Å²) < 4.78 is 0. The molecule has 228 valence electrons. The van der Waals surface area contributed by atoms with Gasteiger partial charge in [0, 0.05) is 0 Å². The van der Waals surface area contributed by atoms with Gasteiger partial charge in [-0.25, -0.2) is 0 Å². The Kier molecular flexibility index (Phi) is 73.9. The number of unbranched alkanes of at least 4 members (excludes halogenated alkanes) is 18. The molecule has 0 aromatic rings. The fraction of sp³-hybridized carbons (Fsp3) is 0.737. The monoisotopic (exact) mass is 533 g/mol. The molecule has 0 amide bonds. The van der Waals surface area contributed by atoms with Crippen LogP contribution in [0.1, 0.15) is 182 Å². The Balaban J connectivity index is -0.000000120. The molecule has 0 fully saturated rings. The maximum Gasteiger partial charge on any atom is -0.0353 e. The summed E-state index contributed by atoms with van der Waals surface area (Å²) in [7, 11) is 0. The zero-order valence-electron chi connectivity index (χ0n) is 27.7. The van der Waals surface area contributed by atoms with Crippen LogP contribution in [0.4, 0.5) is 0 Å². The van der Waals surface area contributed by atoms with Crippen molar-refractivity contribution >= 4 is 0 Å². The van der Waals surface area contributed by atoms with Gasteiger partial charge in [0.15, 0.2) is 0 Å². The van der Waals surface area contributed by atoms with Crippen LogP contribution in [0.15, 0.2) is 63.3 Å². The minimum absolute atomic E-state index is 1.18. The smallest absolute Gasteiger partial charge is 0.0353 e. The first kappa shape index (κ1) is 46.5. The lowest BCUT2D eigenvalue weighted by Crippen LogP contribution is -1.71. The van der Waals surface area contributed by atoms with Gasteiger partial charge in [-0.2, -0.15) is 0 Å². The van der Waals surface area contributed by atoms with Crippen molar-refractivity contribution in [3.8, 4) is 0 Å². The Hall–Kier alpha value is -1.30. The van der Waals surface area contributed by atoms with Crippen LogP contribution in [0.25, 0.3) is 0 Å². The summed E-state index contributed by atoms with van der Waals surface area (Å²) >= 11 is 0. The summed E-state index contributed by atoms with van der Waals surface area (Å²) in [4.78, 5) is 0. The molecule has 0 aliphatic rings. The summed E-state index contributed by atoms with van der Waals surface area (Å²) in [5.41, 5.74) is 0. The summed E-state index contributed by atoms with van der Waals surface area (Å²) in [6.45, 7) is 29.3. The molecule has 0 N–H and O–H groups in total. The zero-order valence-corrected chi connectivity index (χ0v) is 27.7. The molecule has 0 heterocycles. The summed E-state index contributed by atoms with van der Waals surface area (Å²) in [6, 6.07) is 0. The summed E-state index contributed by atoms with van der Waals surface area (Å²) in [6.07, 6.45) is 40.2. The van der Waals surface area contributed by atoms with Gasteiger partial charge in [0.1, 0.15) is 0 Å². The van der Waals surface area contributed by atoms with Gasteiger partial charge < -0.3 is 0 Å². The summed E-state index contributed by atoms with van der Waals surface area (Å²) in [5.74, 6) is 0. The SMILES string of the molecule is C=CCCCC.C=CCCCCCC.C=CCCCCCC.C=CCCCCCC.C=CCCCCCC. The molecule has 0 nitrogen and oxygen atoms in total. The molecule has 0 saturated carbocycles. The van der Waals surface area contributed by atoms with Crippen LogP contribution >= 0.6 is 0 Å². The molecule has 0 radical (unpaired) electrons. The Labute approximate surface area is 245 Å². The van der Waals surface area contributed by atoms with E-state index in [2.05, 4.69) is 67.5 Å². The highest BCUT2D eigenvalue weighted by molar-refractivity contribution is 4.67. The number of hydrogen-bond acceptors (Lipinski definition) is 0. The fourth-order valence-corrected chi connectivity index (χ4v) is 3.21. The minimum Gasteiger partial charge on any atom is -0.103 e. The Bertz CT molecular complexity index is 325. The molecule has 0 aromatic heterocycles. The van der Waals surface area contributed by atoms with Crippen LogP contribution < -0.4 is 0 Å². The van der Waals surface area contributed by atoms with Gasteiger partial charge in [-0.05, 0) is 57.8 Å². The van der Waals surface area contributed by atoms with E-state index in [1.807, 2.05) is 30.4 Å². The van der Waals surface area contributed by atoms with Gasteiger partial charge in [-0.15, -0.1) is 32.9 Å². The lowest BCUT2D eigenvalue weighted by atomic mass is 10.2. The van der Waals surface area contributed by atoms with E-state index in [0.29, 0.717) is 0 Å². The van der Waals surface area contributed by atoms with E-state index in [0.717, 1.165) is 0 Å². The lowest BCUT2D eigenvalue weighted by molar-refractivity contribution is 0.675. The van der Waals surface area contributed by atoms with E-state index in [4.69, 9.17) is 0 Å². The Morgan fingerprint density at radius 1 is 0.263 bits per heavy atom. The topological polar surface area (TPSA) is 0 Å². The van der Waals surface area contributed by atoms with Crippen molar-refractivity contribution < 1.29 is 0 Å². The third kappa shape index (κ3) is 83.7. The van der Waals surface area contributed by atoms with Crippen LogP contribution in [0.2, 0.25) is 0 Å². The predicted molar refractivity (Wildman–Crippen MR) is 186 cm³/mol. The lowest BCUT2D eigenvalue weighted by Gasteiger charge is -1.91. The van der Waals surface area contributed by atoms with Gasteiger partial charge in [0.2, 0.25) is 0 Å². The van der Waals surface area contributed by atoms with Crippen LogP contribution in [-0.2, 0) is 0 Å². The molecule has 0 spiro atoms. The molecule has 0 aromatic carbocycles. The molecule has 0 saturated heterocycles. The first-order valence-corrected chi connectivity index (χ1v) is 16.6. The first-order valence-electron chi connectivity index (χ1n) is 16.6. The Morgan fingerprint density at radius 2 is 0.447 bits per heavy atom. The van der Waals surface area contributed by atoms with Crippen molar-refractivity contribution in [3.63, 3.8) is 0 Å². The Morgan fingerprint density at radius 3 is 0.579 bits per heavy atom. The predicted octanol–water partition coefficient (Wildman–Crippen LogP) is 14.9. The molecule has 0 heteroatoms. The first-order chi connectivity index (χ1) is 18.6. The second-order valence-corrected chi connectivity index (χ2v) is 9.98. The van der Waals surface area contributed by atoms with E-state index >= 15 is 0 Å². The molecular formula is C38H76. The molecule has 0 aliphatic carbocycles. The highest BCUT2D eigenvalue weighted by Gasteiger charge is 1.83. The molecular weight excluding hydrogens is 456 g/mol. The molecule has 0 bridgehead atoms. The quantitative estimate of drug-likeness (QED) is 0.0906. The largest absolute Gasteiger partial charge is 0.103 e. The average molecular weight is 533 g/mol. The third-order valence-corrected chi connectivity index (χ3v) is 5.81. The molecule has 0 rings (SSSR count). The van der Waals surface area contributed by atoms with Gasteiger partial charge >= 0.3 is 0 Å². The minimum atomic E-state index is 1.18. The van der Waals surface area contributed by atoms with Crippen LogP contribution in [0, 0.1) is 0 Å². The molecule has 0 aliphatic heterocycles. The van der Waals surface area contributed by atoms with Crippen molar-refractivity contribution in [2.75, 3.05) is 0 Å². The van der Waals surface area contributed by atoms with Crippen LogP contribution in [-0.4, -0.2) is 0 Å². The van der Waals surface area contributed by atoms with Crippen LogP contribution in [0.3, 0.4) is 0 Å². The third-order valence-electron chi connectivity index (χ3n) is 5.81. The van der Waals surface area contributed by atoms with Crippen molar-refractivity contribution in [2.24, 2.45) is 0 Å². The number of hydrogen-bond donors (Lipinski definition) is 0. The van der Waals surface area contributed by atoms with Gasteiger partial charge in [-0.1, -0.05) is 155 Å². The van der Waals surface area contributed by atoms with Crippen molar-refractivity contribution in [1.82, 2.24) is 0 Å². The average Bonchev–Trinajstić information content (AvgIpc) is 2.94.